The molecule has 2 aromatic rings. The molecule has 1 atom stereocenters. The molecule has 0 saturated carbocycles. The summed E-state index contributed by atoms with van der Waals surface area (Å²) in [5, 5.41) is 2.34. The average Bonchev–Trinajstić information content (AvgIpc) is 2.52. The molecule has 0 aromatic heterocycles. The van der Waals surface area contributed by atoms with Gasteiger partial charge in [0.25, 0.3) is 0 Å². The van der Waals surface area contributed by atoms with E-state index < -0.39 is 0 Å². The number of carbonyl (C=O) groups is 1. The van der Waals surface area contributed by atoms with Gasteiger partial charge in [-0.2, -0.15) is 0 Å². The van der Waals surface area contributed by atoms with Crippen molar-refractivity contribution >= 4 is 16.7 Å². The summed E-state index contributed by atoms with van der Waals surface area (Å²) in [6.45, 7) is 6.17. The first-order valence-electron chi connectivity index (χ1n) is 7.60. The van der Waals surface area contributed by atoms with Gasteiger partial charge < -0.3 is 10.6 Å². The van der Waals surface area contributed by atoms with E-state index >= 15 is 0 Å². The maximum atomic E-state index is 12.5. The molecule has 0 bridgehead atoms. The number of nitrogens with zero attached hydrogens (tertiary/aromatic N) is 1. The van der Waals surface area contributed by atoms with Gasteiger partial charge in [-0.1, -0.05) is 49.4 Å². The van der Waals surface area contributed by atoms with E-state index in [1.807, 2.05) is 36.1 Å². The van der Waals surface area contributed by atoms with Crippen LogP contribution in [-0.4, -0.2) is 30.4 Å². The summed E-state index contributed by atoms with van der Waals surface area (Å²) < 4.78 is 0. The second kappa shape index (κ2) is 7.23. The molecule has 112 valence electrons. The van der Waals surface area contributed by atoms with Crippen molar-refractivity contribution in [3.8, 4) is 0 Å². The fourth-order valence-corrected chi connectivity index (χ4v) is 2.58. The molecule has 21 heavy (non-hydrogen) atoms. The van der Waals surface area contributed by atoms with E-state index in [0.29, 0.717) is 18.9 Å². The number of hydrogen-bond acceptors (Lipinski definition) is 2. The van der Waals surface area contributed by atoms with Crippen LogP contribution < -0.4 is 5.73 Å². The summed E-state index contributed by atoms with van der Waals surface area (Å²) in [6, 6.07) is 14.3. The Kier molecular flexibility index (Phi) is 5.34. The van der Waals surface area contributed by atoms with Crippen LogP contribution in [0.4, 0.5) is 0 Å². The van der Waals surface area contributed by atoms with E-state index in [1.165, 1.54) is 5.39 Å². The van der Waals surface area contributed by atoms with Crippen LogP contribution in [0.2, 0.25) is 0 Å². The Bertz CT molecular complexity index is 604. The average molecular weight is 284 g/mol. The van der Waals surface area contributed by atoms with Gasteiger partial charge in [-0.3, -0.25) is 4.79 Å². The Morgan fingerprint density at radius 2 is 1.90 bits per heavy atom. The highest BCUT2D eigenvalue weighted by Gasteiger charge is 2.15. The highest BCUT2D eigenvalue weighted by atomic mass is 16.2. The summed E-state index contributed by atoms with van der Waals surface area (Å²) in [4.78, 5) is 14.4. The van der Waals surface area contributed by atoms with E-state index in [0.717, 1.165) is 24.0 Å². The molecular weight excluding hydrogens is 260 g/mol. The maximum absolute atomic E-state index is 12.5. The van der Waals surface area contributed by atoms with Crippen molar-refractivity contribution < 1.29 is 4.79 Å². The largest absolute Gasteiger partial charge is 0.342 e. The predicted molar refractivity (Wildman–Crippen MR) is 88.1 cm³/mol. The molecule has 2 aromatic carbocycles. The molecule has 0 radical (unpaired) electrons. The molecule has 1 amide bonds. The monoisotopic (exact) mass is 284 g/mol. The molecule has 0 spiro atoms. The highest BCUT2D eigenvalue weighted by Crippen LogP contribution is 2.19. The Morgan fingerprint density at radius 1 is 1.19 bits per heavy atom. The van der Waals surface area contributed by atoms with Crippen LogP contribution in [0.5, 0.6) is 0 Å². The first-order chi connectivity index (χ1) is 10.2. The van der Waals surface area contributed by atoms with Gasteiger partial charge in [0.15, 0.2) is 0 Å². The predicted octanol–water partition coefficient (Wildman–Crippen LogP) is 2.83. The van der Waals surface area contributed by atoms with Crippen LogP contribution in [0.15, 0.2) is 42.5 Å². The van der Waals surface area contributed by atoms with E-state index in [-0.39, 0.29) is 5.91 Å². The molecule has 0 saturated heterocycles. The lowest BCUT2D eigenvalue weighted by atomic mass is 10.0. The summed E-state index contributed by atoms with van der Waals surface area (Å²) in [6.07, 6.45) is 0.451. The lowest BCUT2D eigenvalue weighted by Gasteiger charge is -2.24. The minimum atomic E-state index is 0.175. The fraction of sp³-hybridized carbons (Fsp3) is 0.389. The Labute approximate surface area is 126 Å². The van der Waals surface area contributed by atoms with E-state index in [1.54, 1.807) is 0 Å². The smallest absolute Gasteiger partial charge is 0.227 e. The van der Waals surface area contributed by atoms with Crippen molar-refractivity contribution in [3.63, 3.8) is 0 Å². The second-order valence-corrected chi connectivity index (χ2v) is 5.59. The first kappa shape index (κ1) is 15.5. The van der Waals surface area contributed by atoms with Gasteiger partial charge in [0.2, 0.25) is 5.91 Å². The minimum absolute atomic E-state index is 0.175. The van der Waals surface area contributed by atoms with E-state index in [4.69, 9.17) is 5.73 Å². The Hall–Kier alpha value is -1.87. The fourth-order valence-electron chi connectivity index (χ4n) is 2.58. The number of benzene rings is 2. The normalized spacial score (nSPS) is 12.3. The number of hydrogen-bond donors (Lipinski definition) is 1. The molecule has 1 unspecified atom stereocenters. The van der Waals surface area contributed by atoms with E-state index in [2.05, 4.69) is 25.1 Å². The van der Waals surface area contributed by atoms with Crippen molar-refractivity contribution in [1.82, 2.24) is 4.90 Å². The summed E-state index contributed by atoms with van der Waals surface area (Å²) in [5.41, 5.74) is 6.76. The standard InChI is InChI=1S/C18H24N2O/c1-3-20(13-14(2)12-19)18(21)11-16-9-6-8-15-7-4-5-10-17(15)16/h4-10,14H,3,11-13,19H2,1-2H3. The molecule has 0 heterocycles. The third-order valence-corrected chi connectivity index (χ3v) is 3.89. The van der Waals surface area contributed by atoms with Gasteiger partial charge in [0.1, 0.15) is 0 Å². The zero-order valence-electron chi connectivity index (χ0n) is 12.9. The van der Waals surface area contributed by atoms with Crippen molar-refractivity contribution in [2.45, 2.75) is 20.3 Å². The second-order valence-electron chi connectivity index (χ2n) is 5.59. The summed E-state index contributed by atoms with van der Waals surface area (Å²) >= 11 is 0. The highest BCUT2D eigenvalue weighted by molar-refractivity contribution is 5.90. The number of rotatable bonds is 6. The van der Waals surface area contributed by atoms with Gasteiger partial charge in [0, 0.05) is 13.1 Å². The first-order valence-corrected chi connectivity index (χ1v) is 7.60. The van der Waals surface area contributed by atoms with Crippen LogP contribution in [0, 0.1) is 5.92 Å². The van der Waals surface area contributed by atoms with Crippen molar-refractivity contribution in [2.75, 3.05) is 19.6 Å². The van der Waals surface area contributed by atoms with Crippen LogP contribution in [-0.2, 0) is 11.2 Å². The number of fused-ring (bicyclic) bond motifs is 1. The molecule has 3 nitrogen and oxygen atoms in total. The molecule has 0 aliphatic rings. The van der Waals surface area contributed by atoms with Gasteiger partial charge in [0.05, 0.1) is 6.42 Å². The van der Waals surface area contributed by atoms with Crippen LogP contribution in [0.1, 0.15) is 19.4 Å². The Morgan fingerprint density at radius 3 is 2.62 bits per heavy atom. The molecule has 2 N–H and O–H groups in total. The third-order valence-electron chi connectivity index (χ3n) is 3.89. The number of amides is 1. The topological polar surface area (TPSA) is 46.3 Å². The molecule has 2 rings (SSSR count). The van der Waals surface area contributed by atoms with E-state index in [9.17, 15) is 4.79 Å². The quantitative estimate of drug-likeness (QED) is 0.886. The number of carbonyl (C=O) groups excluding carboxylic acids is 1. The van der Waals surface area contributed by atoms with Gasteiger partial charge in [-0.25, -0.2) is 0 Å². The third kappa shape index (κ3) is 3.82. The van der Waals surface area contributed by atoms with Crippen molar-refractivity contribution in [1.29, 1.82) is 0 Å². The van der Waals surface area contributed by atoms with Crippen LogP contribution in [0.25, 0.3) is 10.8 Å². The lowest BCUT2D eigenvalue weighted by Crippen LogP contribution is -2.37. The van der Waals surface area contributed by atoms with Crippen LogP contribution in [0.3, 0.4) is 0 Å². The van der Waals surface area contributed by atoms with Gasteiger partial charge >= 0.3 is 0 Å². The number of likely N-dealkylation sites (N-methyl/N-ethyl adjacent to an activating group) is 1. The summed E-state index contributed by atoms with van der Waals surface area (Å²) in [5.74, 6) is 0.510. The molecule has 0 aliphatic heterocycles. The zero-order chi connectivity index (χ0) is 15.2. The maximum Gasteiger partial charge on any atom is 0.227 e. The molecule has 0 fully saturated rings. The lowest BCUT2D eigenvalue weighted by molar-refractivity contribution is -0.130. The number of nitrogens with two attached hydrogens (primary N) is 1. The molecular formula is C18H24N2O. The van der Waals surface area contributed by atoms with Gasteiger partial charge in [-0.15, -0.1) is 0 Å². The van der Waals surface area contributed by atoms with Gasteiger partial charge in [-0.05, 0) is 35.7 Å². The van der Waals surface area contributed by atoms with Crippen molar-refractivity contribution in [3.05, 3.63) is 48.0 Å². The van der Waals surface area contributed by atoms with Crippen LogP contribution >= 0.6 is 0 Å². The molecule has 0 aliphatic carbocycles. The zero-order valence-corrected chi connectivity index (χ0v) is 12.9. The minimum Gasteiger partial charge on any atom is -0.342 e. The Balaban J connectivity index is 2.17. The SMILES string of the molecule is CCN(CC(C)CN)C(=O)Cc1cccc2ccccc12. The summed E-state index contributed by atoms with van der Waals surface area (Å²) in [7, 11) is 0. The molecule has 3 heteroatoms. The van der Waals surface area contributed by atoms with Crippen molar-refractivity contribution in [2.24, 2.45) is 11.7 Å².